The number of likely N-dealkylation sites (tertiary alicyclic amines) is 2. The van der Waals surface area contributed by atoms with Crippen molar-refractivity contribution >= 4 is 29.6 Å². The van der Waals surface area contributed by atoms with Crippen LogP contribution in [0.2, 0.25) is 0 Å². The Kier molecular flexibility index (Phi) is 23.6. The predicted molar refractivity (Wildman–Crippen MR) is 200 cm³/mol. The molecule has 0 bridgehead atoms. The zero-order valence-corrected chi connectivity index (χ0v) is 31.8. The van der Waals surface area contributed by atoms with Crippen molar-refractivity contribution in [3.63, 3.8) is 0 Å². The largest absolute Gasteiger partial charge is 0.480 e. The maximum absolute atomic E-state index is 13.1. The molecule has 10 nitrogen and oxygen atoms in total. The molecule has 0 aromatic heterocycles. The molecule has 0 aromatic carbocycles. The van der Waals surface area contributed by atoms with E-state index in [0.29, 0.717) is 58.2 Å². The molecular weight excluding hydrogens is 632 g/mol. The van der Waals surface area contributed by atoms with Gasteiger partial charge in [0.25, 0.3) is 0 Å². The number of aliphatic carboxylic acids is 1. The highest BCUT2D eigenvalue weighted by Crippen LogP contribution is 2.22. The van der Waals surface area contributed by atoms with Gasteiger partial charge in [0.15, 0.2) is 0 Å². The molecule has 10 heteroatoms. The van der Waals surface area contributed by atoms with Gasteiger partial charge in [-0.3, -0.25) is 19.2 Å². The van der Waals surface area contributed by atoms with E-state index in [9.17, 15) is 29.1 Å². The lowest BCUT2D eigenvalue weighted by Crippen LogP contribution is -2.50. The molecule has 2 fully saturated rings. The summed E-state index contributed by atoms with van der Waals surface area (Å²) in [5.41, 5.74) is 0. The van der Waals surface area contributed by atoms with E-state index < -0.39 is 30.0 Å². The van der Waals surface area contributed by atoms with E-state index in [1.807, 2.05) is 0 Å². The summed E-state index contributed by atoms with van der Waals surface area (Å²) >= 11 is 0. The first-order chi connectivity index (χ1) is 24.3. The number of carbonyl (C=O) groups excluding carboxylic acids is 4. The van der Waals surface area contributed by atoms with Gasteiger partial charge in [-0.15, -0.1) is 0 Å². The molecule has 3 unspecified atom stereocenters. The Hall–Kier alpha value is -2.65. The quantitative estimate of drug-likeness (QED) is 0.0684. The maximum atomic E-state index is 13.1. The first kappa shape index (κ1) is 43.5. The Balaban J connectivity index is 1.63. The van der Waals surface area contributed by atoms with Crippen LogP contribution in [-0.2, 0) is 24.0 Å². The third kappa shape index (κ3) is 17.5. The van der Waals surface area contributed by atoms with Crippen LogP contribution in [0.1, 0.15) is 187 Å². The van der Waals surface area contributed by atoms with Gasteiger partial charge in [0.1, 0.15) is 18.1 Å². The highest BCUT2D eigenvalue weighted by Gasteiger charge is 2.36. The van der Waals surface area contributed by atoms with Gasteiger partial charge in [-0.05, 0) is 57.8 Å². The molecule has 2 rings (SSSR count). The normalized spacial score (nSPS) is 18.0. The second kappa shape index (κ2) is 27.1. The van der Waals surface area contributed by atoms with E-state index in [1.165, 1.54) is 77.0 Å². The number of hydrogen-bond donors (Lipinski definition) is 3. The smallest absolute Gasteiger partial charge is 0.326 e. The van der Waals surface area contributed by atoms with Gasteiger partial charge < -0.3 is 25.5 Å². The molecule has 0 radical (unpaired) electrons. The zero-order chi connectivity index (χ0) is 36.4. The molecule has 0 aromatic rings. The van der Waals surface area contributed by atoms with Gasteiger partial charge in [0.05, 0.1) is 0 Å². The number of amides is 4. The molecule has 4 amide bonds. The van der Waals surface area contributed by atoms with Crippen molar-refractivity contribution in [2.75, 3.05) is 19.6 Å². The van der Waals surface area contributed by atoms with Crippen molar-refractivity contribution < 1.29 is 29.1 Å². The lowest BCUT2D eigenvalue weighted by molar-refractivity contribution is -0.144. The topological polar surface area (TPSA) is 136 Å². The molecule has 0 saturated carbocycles. The molecule has 0 aliphatic carbocycles. The minimum atomic E-state index is -1.10. The summed E-state index contributed by atoms with van der Waals surface area (Å²) in [4.78, 5) is 67.2. The fraction of sp³-hybridized carbons (Fsp3) is 0.875. The number of carboxylic acids is 1. The molecule has 50 heavy (non-hydrogen) atoms. The third-order valence-electron chi connectivity index (χ3n) is 10.6. The monoisotopic (exact) mass is 705 g/mol. The lowest BCUT2D eigenvalue weighted by Gasteiger charge is -2.26. The molecule has 288 valence electrons. The van der Waals surface area contributed by atoms with E-state index >= 15 is 0 Å². The predicted octanol–water partition coefficient (Wildman–Crippen LogP) is 7.67. The van der Waals surface area contributed by atoms with Crippen molar-refractivity contribution in [3.8, 4) is 0 Å². The minimum Gasteiger partial charge on any atom is -0.480 e. The van der Waals surface area contributed by atoms with Gasteiger partial charge in [-0.25, -0.2) is 4.79 Å². The lowest BCUT2D eigenvalue weighted by atomic mass is 10.1. The second-order valence-corrected chi connectivity index (χ2v) is 14.8. The highest BCUT2D eigenvalue weighted by atomic mass is 16.4. The molecule has 3 N–H and O–H groups in total. The molecule has 3 atom stereocenters. The van der Waals surface area contributed by atoms with E-state index in [1.54, 1.807) is 9.80 Å². The second-order valence-electron chi connectivity index (χ2n) is 14.8. The van der Waals surface area contributed by atoms with Crippen LogP contribution < -0.4 is 10.6 Å². The minimum absolute atomic E-state index is 0.0146. The summed E-state index contributed by atoms with van der Waals surface area (Å²) in [6.45, 7) is 5.99. The summed E-state index contributed by atoms with van der Waals surface area (Å²) in [6.07, 6.45) is 26.4. The average molecular weight is 705 g/mol. The van der Waals surface area contributed by atoms with Crippen LogP contribution in [0.5, 0.6) is 0 Å². The number of carboxylic acid groups (broad SMARTS) is 1. The van der Waals surface area contributed by atoms with Gasteiger partial charge in [0, 0.05) is 32.5 Å². The number of nitrogens with one attached hydrogen (secondary N) is 2. The van der Waals surface area contributed by atoms with Crippen LogP contribution >= 0.6 is 0 Å². The van der Waals surface area contributed by atoms with E-state index in [-0.39, 0.29) is 24.1 Å². The molecule has 2 aliphatic heterocycles. The first-order valence-electron chi connectivity index (χ1n) is 20.7. The molecule has 2 heterocycles. The third-order valence-corrected chi connectivity index (χ3v) is 10.6. The van der Waals surface area contributed by atoms with Gasteiger partial charge >= 0.3 is 5.97 Å². The summed E-state index contributed by atoms with van der Waals surface area (Å²) in [7, 11) is 0. The fourth-order valence-electron chi connectivity index (χ4n) is 7.46. The Morgan fingerprint density at radius 1 is 0.580 bits per heavy atom. The highest BCUT2D eigenvalue weighted by molar-refractivity contribution is 5.91. The number of hydrogen-bond acceptors (Lipinski definition) is 5. The van der Waals surface area contributed by atoms with E-state index in [0.717, 1.165) is 51.4 Å². The van der Waals surface area contributed by atoms with Crippen LogP contribution in [-0.4, -0.2) is 82.3 Å². The number of unbranched alkanes of at least 4 members (excludes halogenated alkanes) is 17. The van der Waals surface area contributed by atoms with Crippen LogP contribution in [0.4, 0.5) is 0 Å². The van der Waals surface area contributed by atoms with Crippen molar-refractivity contribution in [3.05, 3.63) is 0 Å². The van der Waals surface area contributed by atoms with Gasteiger partial charge in [-0.1, -0.05) is 117 Å². The van der Waals surface area contributed by atoms with Crippen LogP contribution in [0.25, 0.3) is 0 Å². The van der Waals surface area contributed by atoms with Gasteiger partial charge in [-0.2, -0.15) is 0 Å². The summed E-state index contributed by atoms with van der Waals surface area (Å²) in [5.74, 6) is -1.58. The number of carbonyl (C=O) groups is 5. The first-order valence-corrected chi connectivity index (χ1v) is 20.7. The Morgan fingerprint density at radius 2 is 1.00 bits per heavy atom. The Labute approximate surface area is 303 Å². The Bertz CT molecular complexity index is 991. The van der Waals surface area contributed by atoms with Crippen LogP contribution in [0.15, 0.2) is 0 Å². The summed E-state index contributed by atoms with van der Waals surface area (Å²) < 4.78 is 0. The van der Waals surface area contributed by atoms with Gasteiger partial charge in [0.2, 0.25) is 23.6 Å². The number of nitrogens with zero attached hydrogens (tertiary/aromatic N) is 2. The Morgan fingerprint density at radius 3 is 1.44 bits per heavy atom. The average Bonchev–Trinajstić information content (AvgIpc) is 3.80. The molecule has 0 spiro atoms. The van der Waals surface area contributed by atoms with Crippen LogP contribution in [0.3, 0.4) is 0 Å². The van der Waals surface area contributed by atoms with Crippen molar-refractivity contribution in [1.29, 1.82) is 0 Å². The zero-order valence-electron chi connectivity index (χ0n) is 31.8. The van der Waals surface area contributed by atoms with Crippen molar-refractivity contribution in [2.45, 2.75) is 205 Å². The van der Waals surface area contributed by atoms with Crippen molar-refractivity contribution in [1.82, 2.24) is 20.4 Å². The fourth-order valence-corrected chi connectivity index (χ4v) is 7.46. The standard InChI is InChI=1S/C40H72N4O6/c1-3-5-7-9-11-13-15-17-19-28-36(45)43-31-23-26-34(43)38(47)41-30-22-21-25-33(40(49)50)42-39(48)35-27-24-32-44(35)37(46)29-20-18-16-14-12-10-8-6-4-2/h33-35H,3-32H2,1-2H3,(H,41,47)(H,42,48)(H,49,50). The van der Waals surface area contributed by atoms with E-state index in [4.69, 9.17) is 0 Å². The molecule has 2 aliphatic rings. The summed E-state index contributed by atoms with van der Waals surface area (Å²) in [5, 5.41) is 15.4. The van der Waals surface area contributed by atoms with E-state index in [2.05, 4.69) is 24.5 Å². The maximum Gasteiger partial charge on any atom is 0.326 e. The molecule has 2 saturated heterocycles. The van der Waals surface area contributed by atoms with Crippen LogP contribution in [0, 0.1) is 0 Å². The summed E-state index contributed by atoms with van der Waals surface area (Å²) in [6, 6.07) is -2.08. The SMILES string of the molecule is CCCCCCCCCCCC(=O)N1CCCC1C(=O)NCCCCC(NC(=O)C1CCCN1C(=O)CCCCCCCCCCC)C(=O)O. The molecular formula is C40H72N4O6. The van der Waals surface area contributed by atoms with Crippen molar-refractivity contribution in [2.24, 2.45) is 0 Å². The number of rotatable bonds is 29.